The van der Waals surface area contributed by atoms with Crippen LogP contribution in [0, 0.1) is 0 Å². The molecule has 0 radical (unpaired) electrons. The van der Waals surface area contributed by atoms with E-state index in [0.29, 0.717) is 31.2 Å². The normalized spacial score (nSPS) is 16.8. The Labute approximate surface area is 168 Å². The van der Waals surface area contributed by atoms with E-state index in [2.05, 4.69) is 46.3 Å². The highest BCUT2D eigenvalue weighted by Crippen LogP contribution is 2.30. The molecule has 1 atom stereocenters. The number of carbonyl (C=O) groups excluding carboxylic acids is 1. The molecule has 1 amide bonds. The summed E-state index contributed by atoms with van der Waals surface area (Å²) in [6.45, 7) is 3.37. The molecule has 146 valence electrons. The van der Waals surface area contributed by atoms with E-state index in [9.17, 15) is 4.79 Å². The second-order valence-electron chi connectivity index (χ2n) is 7.58. The van der Waals surface area contributed by atoms with Crippen molar-refractivity contribution in [1.29, 1.82) is 0 Å². The first-order chi connectivity index (χ1) is 14.2. The van der Waals surface area contributed by atoms with Crippen LogP contribution in [0.25, 0.3) is 22.4 Å². The number of aromatic nitrogens is 3. The van der Waals surface area contributed by atoms with Crippen LogP contribution >= 0.6 is 0 Å². The smallest absolute Gasteiger partial charge is 0.258 e. The van der Waals surface area contributed by atoms with Crippen LogP contribution in [0.1, 0.15) is 36.2 Å². The third-order valence-electron chi connectivity index (χ3n) is 5.63. The molecule has 1 aliphatic rings. The molecule has 6 heteroatoms. The van der Waals surface area contributed by atoms with E-state index in [1.54, 1.807) is 0 Å². The third kappa shape index (κ3) is 3.42. The van der Waals surface area contributed by atoms with Gasteiger partial charge in [-0.2, -0.15) is 4.98 Å². The van der Waals surface area contributed by atoms with Crippen molar-refractivity contribution in [1.82, 2.24) is 20.0 Å². The van der Waals surface area contributed by atoms with E-state index < -0.39 is 0 Å². The Morgan fingerprint density at radius 1 is 1.14 bits per heavy atom. The highest BCUT2D eigenvalue weighted by Gasteiger charge is 2.33. The minimum Gasteiger partial charge on any atom is -0.361 e. The standard InChI is InChI=1S/C23H22N4O2/c1-2-15-3-5-16(6-4-15)13-27-14-19(12-21(27)28)22-25-23(29-26-22)18-8-7-17-9-10-24-20(17)11-18/h3-11,19,24H,2,12-14H2,1H3. The molecule has 5 rings (SSSR count). The second kappa shape index (κ2) is 7.20. The molecule has 6 nitrogen and oxygen atoms in total. The van der Waals surface area contributed by atoms with Gasteiger partial charge in [-0.15, -0.1) is 0 Å². The predicted molar refractivity (Wildman–Crippen MR) is 110 cm³/mol. The van der Waals surface area contributed by atoms with Crippen molar-refractivity contribution < 1.29 is 9.32 Å². The van der Waals surface area contributed by atoms with Crippen LogP contribution in [0.5, 0.6) is 0 Å². The number of nitrogens with one attached hydrogen (secondary N) is 1. The Kier molecular flexibility index (Phi) is 4.39. The quantitative estimate of drug-likeness (QED) is 0.555. The molecule has 0 bridgehead atoms. The topological polar surface area (TPSA) is 75.0 Å². The van der Waals surface area contributed by atoms with Gasteiger partial charge in [0.05, 0.1) is 0 Å². The van der Waals surface area contributed by atoms with Crippen LogP contribution in [0.2, 0.25) is 0 Å². The van der Waals surface area contributed by atoms with Gasteiger partial charge in [-0.3, -0.25) is 4.79 Å². The molecule has 0 spiro atoms. The molecule has 1 aliphatic heterocycles. The van der Waals surface area contributed by atoms with Crippen molar-refractivity contribution in [3.05, 3.63) is 71.7 Å². The summed E-state index contributed by atoms with van der Waals surface area (Å²) in [5.74, 6) is 1.18. The Balaban J connectivity index is 1.31. The number of carbonyl (C=O) groups is 1. The van der Waals surface area contributed by atoms with Gasteiger partial charge >= 0.3 is 0 Å². The number of aromatic amines is 1. The molecule has 3 heterocycles. The molecule has 0 aliphatic carbocycles. The molecule has 2 aromatic carbocycles. The number of amides is 1. The van der Waals surface area contributed by atoms with Crippen molar-refractivity contribution in [3.63, 3.8) is 0 Å². The van der Waals surface area contributed by atoms with Crippen LogP contribution in [0.3, 0.4) is 0 Å². The summed E-state index contributed by atoms with van der Waals surface area (Å²) in [7, 11) is 0. The number of hydrogen-bond acceptors (Lipinski definition) is 4. The molecule has 0 saturated carbocycles. The fraction of sp³-hybridized carbons (Fsp3) is 0.261. The predicted octanol–water partition coefficient (Wildman–Crippen LogP) is 4.30. The van der Waals surface area contributed by atoms with Gasteiger partial charge < -0.3 is 14.4 Å². The molecule has 1 N–H and O–H groups in total. The third-order valence-corrected chi connectivity index (χ3v) is 5.63. The molecule has 4 aromatic rings. The summed E-state index contributed by atoms with van der Waals surface area (Å²) >= 11 is 0. The van der Waals surface area contributed by atoms with Crippen molar-refractivity contribution >= 4 is 16.8 Å². The van der Waals surface area contributed by atoms with Crippen LogP contribution in [-0.4, -0.2) is 32.5 Å². The lowest BCUT2D eigenvalue weighted by Gasteiger charge is -2.16. The molecular weight excluding hydrogens is 364 g/mol. The molecular formula is C23H22N4O2. The van der Waals surface area contributed by atoms with E-state index in [1.165, 1.54) is 5.56 Å². The van der Waals surface area contributed by atoms with Crippen molar-refractivity contribution in [2.75, 3.05) is 6.54 Å². The maximum absolute atomic E-state index is 12.5. The van der Waals surface area contributed by atoms with Gasteiger partial charge in [-0.1, -0.05) is 42.4 Å². The molecule has 29 heavy (non-hydrogen) atoms. The van der Waals surface area contributed by atoms with E-state index in [0.717, 1.165) is 28.5 Å². The van der Waals surface area contributed by atoms with Gasteiger partial charge in [0.1, 0.15) is 0 Å². The monoisotopic (exact) mass is 386 g/mol. The first-order valence-corrected chi connectivity index (χ1v) is 9.96. The van der Waals surface area contributed by atoms with Gasteiger partial charge in [-0.25, -0.2) is 0 Å². The first-order valence-electron chi connectivity index (χ1n) is 9.96. The lowest BCUT2D eigenvalue weighted by Crippen LogP contribution is -2.24. The van der Waals surface area contributed by atoms with Gasteiger partial charge in [0.15, 0.2) is 5.82 Å². The van der Waals surface area contributed by atoms with Crippen LogP contribution in [0.4, 0.5) is 0 Å². The summed E-state index contributed by atoms with van der Waals surface area (Å²) < 4.78 is 5.50. The number of hydrogen-bond donors (Lipinski definition) is 1. The summed E-state index contributed by atoms with van der Waals surface area (Å²) in [5.41, 5.74) is 4.34. The SMILES string of the molecule is CCc1ccc(CN2CC(c3noc(-c4ccc5cc[nH]c5c4)n3)CC2=O)cc1. The lowest BCUT2D eigenvalue weighted by molar-refractivity contribution is -0.128. The average Bonchev–Trinajstić information content (AvgIpc) is 3.48. The lowest BCUT2D eigenvalue weighted by atomic mass is 10.1. The summed E-state index contributed by atoms with van der Waals surface area (Å²) in [6, 6.07) is 16.5. The first kappa shape index (κ1) is 17.7. The Morgan fingerprint density at radius 3 is 2.79 bits per heavy atom. The molecule has 1 unspecified atom stereocenters. The largest absolute Gasteiger partial charge is 0.361 e. The highest BCUT2D eigenvalue weighted by molar-refractivity contribution is 5.83. The molecule has 1 fully saturated rings. The average molecular weight is 386 g/mol. The zero-order chi connectivity index (χ0) is 19.8. The van der Waals surface area contributed by atoms with Crippen molar-refractivity contribution in [3.8, 4) is 11.5 Å². The van der Waals surface area contributed by atoms with Gasteiger partial charge in [0, 0.05) is 42.7 Å². The highest BCUT2D eigenvalue weighted by atomic mass is 16.5. The van der Waals surface area contributed by atoms with Gasteiger partial charge in [0.2, 0.25) is 5.91 Å². The Bertz CT molecular complexity index is 1160. The zero-order valence-corrected chi connectivity index (χ0v) is 16.3. The maximum Gasteiger partial charge on any atom is 0.258 e. The van der Waals surface area contributed by atoms with E-state index in [4.69, 9.17) is 4.52 Å². The zero-order valence-electron chi connectivity index (χ0n) is 16.3. The van der Waals surface area contributed by atoms with E-state index >= 15 is 0 Å². The van der Waals surface area contributed by atoms with Crippen LogP contribution < -0.4 is 0 Å². The molecule has 2 aromatic heterocycles. The second-order valence-corrected chi connectivity index (χ2v) is 7.58. The Hall–Kier alpha value is -3.41. The number of fused-ring (bicyclic) bond motifs is 1. The van der Waals surface area contributed by atoms with Gasteiger partial charge in [-0.05, 0) is 41.1 Å². The summed E-state index contributed by atoms with van der Waals surface area (Å²) in [4.78, 5) is 22.2. The number of likely N-dealkylation sites (tertiary alicyclic amines) is 1. The van der Waals surface area contributed by atoms with Crippen LogP contribution in [0.15, 0.2) is 59.3 Å². The maximum atomic E-state index is 12.5. The number of rotatable bonds is 5. The summed E-state index contributed by atoms with van der Waals surface area (Å²) in [5, 5.41) is 5.30. The van der Waals surface area contributed by atoms with Crippen LogP contribution in [-0.2, 0) is 17.8 Å². The Morgan fingerprint density at radius 2 is 1.97 bits per heavy atom. The number of H-pyrrole nitrogens is 1. The minimum atomic E-state index is -0.0378. The van der Waals surface area contributed by atoms with E-state index in [-0.39, 0.29) is 11.8 Å². The number of nitrogens with zero attached hydrogens (tertiary/aromatic N) is 3. The fourth-order valence-corrected chi connectivity index (χ4v) is 3.90. The minimum absolute atomic E-state index is 0.0378. The number of benzene rings is 2. The van der Waals surface area contributed by atoms with E-state index in [1.807, 2.05) is 35.4 Å². The van der Waals surface area contributed by atoms with Gasteiger partial charge in [0.25, 0.3) is 5.89 Å². The fourth-order valence-electron chi connectivity index (χ4n) is 3.90. The van der Waals surface area contributed by atoms with Crippen molar-refractivity contribution in [2.24, 2.45) is 0 Å². The number of aryl methyl sites for hydroxylation is 1. The van der Waals surface area contributed by atoms with Crippen molar-refractivity contribution in [2.45, 2.75) is 32.2 Å². The summed E-state index contributed by atoms with van der Waals surface area (Å²) in [6.07, 6.45) is 3.34. The molecule has 1 saturated heterocycles.